The van der Waals surface area contributed by atoms with Gasteiger partial charge < -0.3 is 15.4 Å². The first kappa shape index (κ1) is 21.7. The molecule has 2 saturated heterocycles. The molecule has 0 bridgehead atoms. The Labute approximate surface area is 161 Å². The molecule has 2 aliphatic heterocycles. The zero-order valence-electron chi connectivity index (χ0n) is 14.7. The van der Waals surface area contributed by atoms with Gasteiger partial charge >= 0.3 is 0 Å². The molecule has 0 aromatic heterocycles. The summed E-state index contributed by atoms with van der Waals surface area (Å²) >= 11 is 0. The van der Waals surface area contributed by atoms with Crippen LogP contribution in [0.4, 0.5) is 13.2 Å². The molecule has 2 N–H and O–H groups in total. The van der Waals surface area contributed by atoms with Gasteiger partial charge in [0.25, 0.3) is 0 Å². The van der Waals surface area contributed by atoms with Crippen LogP contribution in [0.3, 0.4) is 0 Å². The Morgan fingerprint density at radius 3 is 2.11 bits per heavy atom. The van der Waals surface area contributed by atoms with Crippen molar-refractivity contribution < 1.29 is 27.5 Å². The lowest BCUT2D eigenvalue weighted by atomic mass is 9.85. The fourth-order valence-corrected chi connectivity index (χ4v) is 3.59. The van der Waals surface area contributed by atoms with E-state index >= 15 is 0 Å². The summed E-state index contributed by atoms with van der Waals surface area (Å²) in [7, 11) is 0. The molecule has 0 saturated carbocycles. The highest BCUT2D eigenvalue weighted by atomic mass is 35.5. The molecule has 1 amide bonds. The van der Waals surface area contributed by atoms with Gasteiger partial charge in [0.1, 0.15) is 17.5 Å². The van der Waals surface area contributed by atoms with Crippen molar-refractivity contribution in [2.45, 2.75) is 31.2 Å². The van der Waals surface area contributed by atoms with E-state index in [4.69, 9.17) is 10.5 Å². The summed E-state index contributed by atoms with van der Waals surface area (Å²) in [6.45, 7) is 1.44. The third kappa shape index (κ3) is 4.44. The number of amides is 1. The first-order valence-corrected chi connectivity index (χ1v) is 8.66. The number of hydrogen-bond acceptors (Lipinski definition) is 4. The molecule has 3 rings (SSSR count). The van der Waals surface area contributed by atoms with Crippen molar-refractivity contribution in [3.63, 3.8) is 0 Å². The predicted octanol–water partition coefficient (Wildman–Crippen LogP) is 2.45. The molecule has 150 valence electrons. The molecule has 9 heteroatoms. The molecule has 5 nitrogen and oxygen atoms in total. The number of nitrogens with zero attached hydrogens (tertiary/aromatic N) is 1. The predicted molar refractivity (Wildman–Crippen MR) is 94.2 cm³/mol. The lowest BCUT2D eigenvalue weighted by Gasteiger charge is -2.39. The molecule has 0 atom stereocenters. The van der Waals surface area contributed by atoms with Crippen LogP contribution in [0.2, 0.25) is 0 Å². The molecule has 0 aliphatic carbocycles. The Morgan fingerprint density at radius 2 is 1.59 bits per heavy atom. The van der Waals surface area contributed by atoms with Gasteiger partial charge in [0, 0.05) is 44.4 Å². The van der Waals surface area contributed by atoms with Crippen LogP contribution in [0.15, 0.2) is 12.1 Å². The Bertz CT molecular complexity index is 695. The van der Waals surface area contributed by atoms with Crippen LogP contribution in [0.5, 0.6) is 0 Å². The van der Waals surface area contributed by atoms with E-state index in [1.54, 1.807) is 4.90 Å². The maximum Gasteiger partial charge on any atom is 0.242 e. The van der Waals surface area contributed by atoms with Gasteiger partial charge in [-0.1, -0.05) is 0 Å². The van der Waals surface area contributed by atoms with Crippen molar-refractivity contribution >= 4 is 24.1 Å². The summed E-state index contributed by atoms with van der Waals surface area (Å²) < 4.78 is 45.9. The fourth-order valence-electron chi connectivity index (χ4n) is 3.59. The first-order valence-electron chi connectivity index (χ1n) is 8.66. The molecule has 1 aromatic carbocycles. The van der Waals surface area contributed by atoms with Crippen LogP contribution >= 0.6 is 12.4 Å². The largest absolute Gasteiger partial charge is 0.381 e. The highest BCUT2D eigenvalue weighted by molar-refractivity contribution is 5.98. The topological polar surface area (TPSA) is 72.6 Å². The van der Waals surface area contributed by atoms with Crippen LogP contribution in [0.1, 0.15) is 36.0 Å². The Kier molecular flexibility index (Phi) is 6.88. The lowest BCUT2D eigenvalue weighted by molar-refractivity contribution is -0.141. The van der Waals surface area contributed by atoms with Crippen molar-refractivity contribution in [3.05, 3.63) is 35.1 Å². The number of ether oxygens (including phenoxy) is 1. The molecule has 2 heterocycles. The highest BCUT2D eigenvalue weighted by Crippen LogP contribution is 2.28. The number of carbonyl (C=O) groups is 2. The van der Waals surface area contributed by atoms with E-state index in [0.717, 1.165) is 0 Å². The molecule has 27 heavy (non-hydrogen) atoms. The van der Waals surface area contributed by atoms with Crippen molar-refractivity contribution in [2.24, 2.45) is 11.7 Å². The van der Waals surface area contributed by atoms with Crippen LogP contribution in [-0.2, 0) is 9.53 Å². The molecule has 2 fully saturated rings. The number of Topliss-reactive ketones (excluding diaryl/α,β-unsaturated/α-hetero) is 1. The summed E-state index contributed by atoms with van der Waals surface area (Å²) in [6, 6.07) is 0.997. The standard InChI is InChI=1S/C18H21F3N2O3.ClH/c19-12-9-13(20)15(14(21)10-12)16(24)11-1-5-23(6-2-11)17(25)18(22)3-7-26-8-4-18;/h9-11H,1-8,22H2;1H. The number of rotatable bonds is 3. The number of ketones is 1. The van der Waals surface area contributed by atoms with Crippen LogP contribution < -0.4 is 5.73 Å². The van der Waals surface area contributed by atoms with Crippen LogP contribution in [-0.4, -0.2) is 48.4 Å². The second kappa shape index (κ2) is 8.58. The third-order valence-electron chi connectivity index (χ3n) is 5.22. The Hall–Kier alpha value is -1.64. The summed E-state index contributed by atoms with van der Waals surface area (Å²) in [5.41, 5.74) is 4.53. The van der Waals surface area contributed by atoms with E-state index in [1.165, 1.54) is 0 Å². The van der Waals surface area contributed by atoms with Gasteiger partial charge in [0.15, 0.2) is 5.78 Å². The number of nitrogens with two attached hydrogens (primary N) is 1. The molecular formula is C18H22ClF3N2O3. The summed E-state index contributed by atoms with van der Waals surface area (Å²) in [5.74, 6) is -4.95. The smallest absolute Gasteiger partial charge is 0.242 e. The molecule has 0 unspecified atom stereocenters. The average Bonchev–Trinajstić information content (AvgIpc) is 2.61. The van der Waals surface area contributed by atoms with E-state index in [1.807, 2.05) is 0 Å². The normalized spacial score (nSPS) is 20.1. The van der Waals surface area contributed by atoms with E-state index in [0.29, 0.717) is 51.3 Å². The van der Waals surface area contributed by atoms with Gasteiger partial charge in [-0.15, -0.1) is 12.4 Å². The molecule has 0 spiro atoms. The van der Waals surface area contributed by atoms with Crippen LogP contribution in [0, 0.1) is 23.4 Å². The minimum absolute atomic E-state index is 0. The minimum atomic E-state index is -1.20. The average molecular weight is 407 g/mol. The molecule has 2 aliphatic rings. The number of benzene rings is 1. The zero-order chi connectivity index (χ0) is 18.9. The van der Waals surface area contributed by atoms with Crippen molar-refractivity contribution in [2.75, 3.05) is 26.3 Å². The number of halogens is 4. The summed E-state index contributed by atoms with van der Waals surface area (Å²) in [5, 5.41) is 0. The second-order valence-electron chi connectivity index (χ2n) is 6.94. The monoisotopic (exact) mass is 406 g/mol. The fraction of sp³-hybridized carbons (Fsp3) is 0.556. The number of carbonyl (C=O) groups excluding carboxylic acids is 2. The second-order valence-corrected chi connectivity index (χ2v) is 6.94. The van der Waals surface area contributed by atoms with E-state index in [2.05, 4.69) is 0 Å². The van der Waals surface area contributed by atoms with E-state index < -0.39 is 40.3 Å². The van der Waals surface area contributed by atoms with Crippen molar-refractivity contribution in [1.29, 1.82) is 0 Å². The van der Waals surface area contributed by atoms with Crippen LogP contribution in [0.25, 0.3) is 0 Å². The lowest BCUT2D eigenvalue weighted by Crippen LogP contribution is -2.59. The maximum atomic E-state index is 13.8. The number of likely N-dealkylation sites (tertiary alicyclic amines) is 1. The molecular weight excluding hydrogens is 385 g/mol. The Balaban J connectivity index is 0.00000261. The van der Waals surface area contributed by atoms with Gasteiger partial charge in [-0.05, 0) is 25.7 Å². The molecule has 0 radical (unpaired) electrons. The van der Waals surface area contributed by atoms with Gasteiger partial charge in [-0.3, -0.25) is 9.59 Å². The van der Waals surface area contributed by atoms with Gasteiger partial charge in [0.05, 0.1) is 11.1 Å². The Morgan fingerprint density at radius 1 is 1.07 bits per heavy atom. The first-order chi connectivity index (χ1) is 12.3. The van der Waals surface area contributed by atoms with E-state index in [-0.39, 0.29) is 31.2 Å². The van der Waals surface area contributed by atoms with Gasteiger partial charge in [-0.25, -0.2) is 13.2 Å². The maximum absolute atomic E-state index is 13.8. The summed E-state index contributed by atoms with van der Waals surface area (Å²) in [4.78, 5) is 26.7. The number of piperidine rings is 1. The SMILES string of the molecule is Cl.NC1(C(=O)N2CCC(C(=O)c3c(F)cc(F)cc3F)CC2)CCOCC1. The van der Waals surface area contributed by atoms with E-state index in [9.17, 15) is 22.8 Å². The summed E-state index contributed by atoms with van der Waals surface area (Å²) in [6.07, 6.45) is 1.45. The minimum Gasteiger partial charge on any atom is -0.381 e. The van der Waals surface area contributed by atoms with Crippen molar-refractivity contribution in [3.8, 4) is 0 Å². The molecule has 1 aromatic rings. The number of hydrogen-bond donors (Lipinski definition) is 1. The highest BCUT2D eigenvalue weighted by Gasteiger charge is 2.40. The third-order valence-corrected chi connectivity index (χ3v) is 5.22. The quantitative estimate of drug-likeness (QED) is 0.783. The van der Waals surface area contributed by atoms with Crippen molar-refractivity contribution in [1.82, 2.24) is 4.90 Å². The zero-order valence-corrected chi connectivity index (χ0v) is 15.5. The van der Waals surface area contributed by atoms with Gasteiger partial charge in [0.2, 0.25) is 5.91 Å². The van der Waals surface area contributed by atoms with Gasteiger partial charge in [-0.2, -0.15) is 0 Å².